The van der Waals surface area contributed by atoms with Crippen LogP contribution >= 0.6 is 0 Å². The average Bonchev–Trinajstić information content (AvgIpc) is 2.65. The molecule has 0 aromatic carbocycles. The molecule has 1 aliphatic heterocycles. The predicted octanol–water partition coefficient (Wildman–Crippen LogP) is 2.26. The lowest BCUT2D eigenvalue weighted by molar-refractivity contribution is -0.384. The third kappa shape index (κ3) is 2.92. The summed E-state index contributed by atoms with van der Waals surface area (Å²) in [5, 5.41) is 18.8. The minimum Gasteiger partial charge on any atom is -0.375 e. The van der Waals surface area contributed by atoms with Gasteiger partial charge in [-0.15, -0.1) is 0 Å². The Kier molecular flexibility index (Phi) is 3.99. The number of ether oxygens (including phenoxy) is 1. The minimum absolute atomic E-state index is 0.0966. The monoisotopic (exact) mass is 282 g/mol. The molecule has 7 nitrogen and oxygen atoms in total. The van der Waals surface area contributed by atoms with Crippen molar-refractivity contribution in [3.8, 4) is 0 Å². The second-order valence-corrected chi connectivity index (χ2v) is 5.82. The van der Waals surface area contributed by atoms with E-state index < -0.39 is 0 Å². The van der Waals surface area contributed by atoms with Gasteiger partial charge in [0.1, 0.15) is 5.69 Å². The summed E-state index contributed by atoms with van der Waals surface area (Å²) in [4.78, 5) is 10.9. The fraction of sp³-hybridized carbons (Fsp3) is 0.769. The molecule has 1 aromatic rings. The second-order valence-electron chi connectivity index (χ2n) is 5.82. The molecule has 0 aliphatic carbocycles. The Bertz CT molecular complexity index is 510. The van der Waals surface area contributed by atoms with Gasteiger partial charge in [0.15, 0.2) is 0 Å². The van der Waals surface area contributed by atoms with E-state index in [4.69, 9.17) is 4.74 Å². The molecule has 1 atom stereocenters. The molecule has 7 heteroatoms. The molecular weight excluding hydrogens is 260 g/mol. The van der Waals surface area contributed by atoms with Crippen LogP contribution in [0, 0.1) is 10.1 Å². The highest BCUT2D eigenvalue weighted by molar-refractivity contribution is 5.60. The van der Waals surface area contributed by atoms with Gasteiger partial charge in [-0.1, -0.05) is 6.92 Å². The Morgan fingerprint density at radius 1 is 1.60 bits per heavy atom. The first kappa shape index (κ1) is 14.8. The van der Waals surface area contributed by atoms with Crippen molar-refractivity contribution in [1.82, 2.24) is 9.78 Å². The largest absolute Gasteiger partial charge is 0.375 e. The summed E-state index contributed by atoms with van der Waals surface area (Å²) in [7, 11) is 1.74. The molecule has 0 radical (unpaired) electrons. The summed E-state index contributed by atoms with van der Waals surface area (Å²) in [5.41, 5.74) is 0.419. The summed E-state index contributed by atoms with van der Waals surface area (Å²) in [5.74, 6) is 0.495. The molecule has 2 heterocycles. The fourth-order valence-electron chi connectivity index (χ4n) is 2.71. The highest BCUT2D eigenvalue weighted by Crippen LogP contribution is 2.32. The Morgan fingerprint density at radius 2 is 2.30 bits per heavy atom. The molecule has 1 N–H and O–H groups in total. The summed E-state index contributed by atoms with van der Waals surface area (Å²) >= 11 is 0. The van der Waals surface area contributed by atoms with Crippen molar-refractivity contribution in [1.29, 1.82) is 0 Å². The molecule has 0 amide bonds. The van der Waals surface area contributed by atoms with Crippen LogP contribution in [0.15, 0.2) is 0 Å². The van der Waals surface area contributed by atoms with Gasteiger partial charge in [0, 0.05) is 19.7 Å². The highest BCUT2D eigenvalue weighted by Gasteiger charge is 2.32. The van der Waals surface area contributed by atoms with E-state index in [1.165, 1.54) is 0 Å². The molecular formula is C13H22N4O3. The average molecular weight is 282 g/mol. The van der Waals surface area contributed by atoms with E-state index in [-0.39, 0.29) is 22.3 Å². The van der Waals surface area contributed by atoms with E-state index in [1.807, 2.05) is 20.8 Å². The van der Waals surface area contributed by atoms with E-state index in [1.54, 1.807) is 11.7 Å². The van der Waals surface area contributed by atoms with Crippen LogP contribution in [0.4, 0.5) is 11.5 Å². The molecule has 0 bridgehead atoms. The maximum Gasteiger partial charge on any atom is 0.333 e. The molecule has 20 heavy (non-hydrogen) atoms. The Labute approximate surface area is 118 Å². The van der Waals surface area contributed by atoms with Crippen LogP contribution in [0.25, 0.3) is 0 Å². The van der Waals surface area contributed by atoms with E-state index >= 15 is 0 Å². The third-order valence-corrected chi connectivity index (χ3v) is 3.65. The normalized spacial score (nSPS) is 21.7. The lowest BCUT2D eigenvalue weighted by Gasteiger charge is -2.36. The van der Waals surface area contributed by atoms with Crippen molar-refractivity contribution < 1.29 is 9.66 Å². The first-order valence-electron chi connectivity index (χ1n) is 6.95. The van der Waals surface area contributed by atoms with Gasteiger partial charge in [-0.25, -0.2) is 4.68 Å². The summed E-state index contributed by atoms with van der Waals surface area (Å²) in [6, 6.07) is 0.164. The molecule has 1 aromatic heterocycles. The van der Waals surface area contributed by atoms with Crippen LogP contribution in [0.3, 0.4) is 0 Å². The van der Waals surface area contributed by atoms with Crippen LogP contribution < -0.4 is 5.32 Å². The van der Waals surface area contributed by atoms with Crippen molar-refractivity contribution in [2.45, 2.75) is 51.7 Å². The minimum atomic E-state index is -0.349. The van der Waals surface area contributed by atoms with Gasteiger partial charge in [0.05, 0.1) is 10.5 Å². The molecule has 2 rings (SSSR count). The predicted molar refractivity (Wildman–Crippen MR) is 75.9 cm³/mol. The van der Waals surface area contributed by atoms with Gasteiger partial charge in [-0.2, -0.15) is 5.10 Å². The van der Waals surface area contributed by atoms with Gasteiger partial charge in [0.2, 0.25) is 5.82 Å². The van der Waals surface area contributed by atoms with Crippen molar-refractivity contribution in [3.05, 3.63) is 15.8 Å². The van der Waals surface area contributed by atoms with Crippen LogP contribution in [-0.2, 0) is 18.2 Å². The zero-order chi connectivity index (χ0) is 14.9. The quantitative estimate of drug-likeness (QED) is 0.676. The maximum atomic E-state index is 11.3. The topological polar surface area (TPSA) is 82.2 Å². The number of nitro groups is 1. The van der Waals surface area contributed by atoms with Gasteiger partial charge < -0.3 is 10.1 Å². The smallest absolute Gasteiger partial charge is 0.333 e. The number of hydrogen-bond acceptors (Lipinski definition) is 5. The van der Waals surface area contributed by atoms with Gasteiger partial charge >= 0.3 is 5.69 Å². The lowest BCUT2D eigenvalue weighted by atomic mass is 9.94. The number of nitrogens with one attached hydrogen (secondary N) is 1. The summed E-state index contributed by atoms with van der Waals surface area (Å²) in [6.07, 6.45) is 2.20. The van der Waals surface area contributed by atoms with Crippen LogP contribution in [-0.4, -0.2) is 33.0 Å². The van der Waals surface area contributed by atoms with Gasteiger partial charge in [0.25, 0.3) is 0 Å². The Morgan fingerprint density at radius 3 is 2.85 bits per heavy atom. The third-order valence-electron chi connectivity index (χ3n) is 3.65. The number of aryl methyl sites for hydroxylation is 2. The molecule has 0 saturated carbocycles. The molecule has 112 valence electrons. The number of aromatic nitrogens is 2. The first-order chi connectivity index (χ1) is 9.34. The van der Waals surface area contributed by atoms with E-state index in [0.29, 0.717) is 24.5 Å². The maximum absolute atomic E-state index is 11.3. The summed E-state index contributed by atoms with van der Waals surface area (Å²) in [6.45, 7) is 6.61. The van der Waals surface area contributed by atoms with E-state index in [0.717, 1.165) is 12.8 Å². The van der Waals surface area contributed by atoms with Crippen LogP contribution in [0.1, 0.15) is 39.3 Å². The molecule has 0 spiro atoms. The zero-order valence-electron chi connectivity index (χ0n) is 12.5. The van der Waals surface area contributed by atoms with Crippen molar-refractivity contribution in [2.24, 2.45) is 7.05 Å². The Balaban J connectivity index is 2.25. The Hall–Kier alpha value is -1.63. The molecule has 1 unspecified atom stereocenters. The first-order valence-corrected chi connectivity index (χ1v) is 6.95. The second kappa shape index (κ2) is 5.40. The zero-order valence-corrected chi connectivity index (χ0v) is 12.5. The lowest BCUT2D eigenvalue weighted by Crippen LogP contribution is -2.40. The van der Waals surface area contributed by atoms with Crippen molar-refractivity contribution in [2.75, 3.05) is 11.9 Å². The van der Waals surface area contributed by atoms with E-state index in [2.05, 4.69) is 10.4 Å². The molecule has 1 fully saturated rings. The van der Waals surface area contributed by atoms with Crippen LogP contribution in [0.5, 0.6) is 0 Å². The van der Waals surface area contributed by atoms with Crippen LogP contribution in [0.2, 0.25) is 0 Å². The number of nitrogens with zero attached hydrogens (tertiary/aromatic N) is 3. The number of hydrogen-bond donors (Lipinski definition) is 1. The number of rotatable bonds is 4. The molecule has 1 aliphatic rings. The van der Waals surface area contributed by atoms with Crippen molar-refractivity contribution in [3.63, 3.8) is 0 Å². The number of anilines is 1. The SMILES string of the molecule is CCc1nn(C)c(NC2CCOC(C)(C)C2)c1[N+](=O)[O-]. The van der Waals surface area contributed by atoms with Crippen molar-refractivity contribution >= 4 is 11.5 Å². The molecule has 1 saturated heterocycles. The van der Waals surface area contributed by atoms with Gasteiger partial charge in [-0.05, 0) is 33.1 Å². The van der Waals surface area contributed by atoms with Gasteiger partial charge in [-0.3, -0.25) is 10.1 Å². The van der Waals surface area contributed by atoms with E-state index in [9.17, 15) is 10.1 Å². The fourth-order valence-corrected chi connectivity index (χ4v) is 2.71. The summed E-state index contributed by atoms with van der Waals surface area (Å²) < 4.78 is 7.24. The highest BCUT2D eigenvalue weighted by atomic mass is 16.6. The standard InChI is InChI=1S/C13H22N4O3/c1-5-10-11(17(18)19)12(16(4)15-10)14-9-6-7-20-13(2,3)8-9/h9,14H,5-8H2,1-4H3.